The molecule has 1 aromatic carbocycles. The maximum Gasteiger partial charge on any atom is 0.232 e. The lowest BCUT2D eigenvalue weighted by molar-refractivity contribution is -0.133. The Labute approximate surface area is 216 Å². The highest BCUT2D eigenvalue weighted by Gasteiger charge is 2.54. The van der Waals surface area contributed by atoms with E-state index in [1.807, 2.05) is 58.0 Å². The van der Waals surface area contributed by atoms with Crippen molar-refractivity contribution in [3.05, 3.63) is 58.9 Å². The fourth-order valence-corrected chi connectivity index (χ4v) is 5.89. The summed E-state index contributed by atoms with van der Waals surface area (Å²) in [6.07, 6.45) is 4.87. The van der Waals surface area contributed by atoms with E-state index in [4.69, 9.17) is 21.7 Å². The number of nitrogens with one attached hydrogen (secondary N) is 3. The first-order chi connectivity index (χ1) is 17.0. The minimum atomic E-state index is -0.493. The first kappa shape index (κ1) is 24.6. The Balaban J connectivity index is 1.39. The molecule has 1 saturated carbocycles. The Morgan fingerprint density at radius 3 is 2.75 bits per heavy atom. The van der Waals surface area contributed by atoms with Gasteiger partial charge in [0.25, 0.3) is 0 Å². The second-order valence-corrected chi connectivity index (χ2v) is 11.7. The molecule has 8 nitrogen and oxygen atoms in total. The van der Waals surface area contributed by atoms with Crippen LogP contribution in [-0.4, -0.2) is 38.8 Å². The van der Waals surface area contributed by atoms with Crippen molar-refractivity contribution >= 4 is 29.4 Å². The number of guanidine groups is 1. The number of ether oxygens (including phenoxy) is 1. The Morgan fingerprint density at radius 2 is 2.06 bits per heavy atom. The van der Waals surface area contributed by atoms with Gasteiger partial charge in [-0.3, -0.25) is 24.9 Å². The highest BCUT2D eigenvalue weighted by molar-refractivity contribution is 6.31. The minimum Gasteiger partial charge on any atom is -0.487 e. The molecule has 0 spiro atoms. The molecule has 2 fully saturated rings. The lowest BCUT2D eigenvalue weighted by Crippen LogP contribution is -2.60. The van der Waals surface area contributed by atoms with Crippen molar-refractivity contribution in [1.29, 1.82) is 5.41 Å². The van der Waals surface area contributed by atoms with Crippen molar-refractivity contribution < 1.29 is 14.3 Å². The summed E-state index contributed by atoms with van der Waals surface area (Å²) in [7, 11) is 0. The Morgan fingerprint density at radius 1 is 1.28 bits per heavy atom. The number of benzene rings is 1. The molecule has 1 aliphatic carbocycles. The maximum atomic E-state index is 13.5. The SMILES string of the molecule is CC1(C)CC(=O)N([C@@H](c2cccnc2)[C@@H]2C[C@H]2C(=O)NC2CC(C)(C)Oc3cccc(Cl)c32)C(=N)N1. The highest BCUT2D eigenvalue weighted by Crippen LogP contribution is 2.52. The molecule has 4 atom stereocenters. The van der Waals surface area contributed by atoms with E-state index in [1.54, 1.807) is 12.4 Å². The lowest BCUT2D eigenvalue weighted by atomic mass is 9.89. The van der Waals surface area contributed by atoms with Gasteiger partial charge in [0.1, 0.15) is 11.4 Å². The van der Waals surface area contributed by atoms with Crippen LogP contribution in [0.5, 0.6) is 5.75 Å². The van der Waals surface area contributed by atoms with Gasteiger partial charge in [-0.1, -0.05) is 23.7 Å². The van der Waals surface area contributed by atoms with Gasteiger partial charge in [0.2, 0.25) is 11.8 Å². The second kappa shape index (κ2) is 8.76. The van der Waals surface area contributed by atoms with Crippen molar-refractivity contribution in [2.45, 2.75) is 70.2 Å². The van der Waals surface area contributed by atoms with Crippen LogP contribution in [0.4, 0.5) is 0 Å². The summed E-state index contributed by atoms with van der Waals surface area (Å²) in [6.45, 7) is 7.80. The molecule has 36 heavy (non-hydrogen) atoms. The number of amides is 2. The van der Waals surface area contributed by atoms with E-state index in [0.29, 0.717) is 23.6 Å². The number of fused-ring (bicyclic) bond motifs is 1. The molecule has 2 amide bonds. The molecule has 1 aromatic heterocycles. The van der Waals surface area contributed by atoms with Crippen molar-refractivity contribution in [2.24, 2.45) is 11.8 Å². The number of rotatable bonds is 5. The van der Waals surface area contributed by atoms with E-state index >= 15 is 0 Å². The van der Waals surface area contributed by atoms with Crippen LogP contribution < -0.4 is 15.4 Å². The molecule has 3 N–H and O–H groups in total. The van der Waals surface area contributed by atoms with Crippen molar-refractivity contribution in [1.82, 2.24) is 20.5 Å². The quantitative estimate of drug-likeness (QED) is 0.555. The molecule has 5 rings (SSSR count). The van der Waals surface area contributed by atoms with Gasteiger partial charge in [-0.25, -0.2) is 0 Å². The summed E-state index contributed by atoms with van der Waals surface area (Å²) in [6, 6.07) is 8.53. The predicted molar refractivity (Wildman–Crippen MR) is 137 cm³/mol. The first-order valence-corrected chi connectivity index (χ1v) is 12.7. The van der Waals surface area contributed by atoms with Gasteiger partial charge in [-0.15, -0.1) is 0 Å². The van der Waals surface area contributed by atoms with Gasteiger partial charge in [-0.05, 0) is 63.8 Å². The number of nitrogens with zero attached hydrogens (tertiary/aromatic N) is 2. The zero-order valence-electron chi connectivity index (χ0n) is 21.0. The van der Waals surface area contributed by atoms with E-state index in [9.17, 15) is 9.59 Å². The molecule has 3 aliphatic rings. The lowest BCUT2D eigenvalue weighted by Gasteiger charge is -2.42. The Kier molecular flexibility index (Phi) is 5.98. The van der Waals surface area contributed by atoms with Crippen LogP contribution in [0.1, 0.15) is 70.2 Å². The van der Waals surface area contributed by atoms with Crippen LogP contribution in [0.15, 0.2) is 42.7 Å². The average Bonchev–Trinajstić information content (AvgIpc) is 3.55. The summed E-state index contributed by atoms with van der Waals surface area (Å²) in [5.74, 6) is 0.124. The standard InChI is InChI=1S/C27H32ClN5O3/c1-26(2)13-21(34)33(25(29)32-26)23(15-7-6-10-30-14-15)16-11-17(16)24(35)31-19-12-27(3,4)36-20-9-5-8-18(28)22(19)20/h5-10,14,16-17,19,23H,11-13H2,1-4H3,(H2,29,32)(H,31,35)/t16-,17-,19?,23+/m1/s1. The third-order valence-electron chi connectivity index (χ3n) is 7.21. The number of hydrogen-bond acceptors (Lipinski definition) is 5. The summed E-state index contributed by atoms with van der Waals surface area (Å²) >= 11 is 6.51. The largest absolute Gasteiger partial charge is 0.487 e. The van der Waals surface area contributed by atoms with Crippen LogP contribution in [0.3, 0.4) is 0 Å². The number of pyridine rings is 1. The predicted octanol–water partition coefficient (Wildman–Crippen LogP) is 4.37. The summed E-state index contributed by atoms with van der Waals surface area (Å²) in [5.41, 5.74) is 0.669. The molecule has 0 radical (unpaired) electrons. The topological polar surface area (TPSA) is 107 Å². The van der Waals surface area contributed by atoms with Gasteiger partial charge in [0.05, 0.1) is 12.1 Å². The zero-order chi connectivity index (χ0) is 25.8. The minimum absolute atomic E-state index is 0.0584. The van der Waals surface area contributed by atoms with Gasteiger partial charge < -0.3 is 15.4 Å². The van der Waals surface area contributed by atoms with E-state index < -0.39 is 17.2 Å². The summed E-state index contributed by atoms with van der Waals surface area (Å²) in [5, 5.41) is 15.5. The van der Waals surface area contributed by atoms with Crippen LogP contribution >= 0.6 is 11.6 Å². The van der Waals surface area contributed by atoms with Crippen molar-refractivity contribution in [2.75, 3.05) is 0 Å². The van der Waals surface area contributed by atoms with Crippen LogP contribution in [0, 0.1) is 17.2 Å². The molecule has 2 aromatic rings. The molecule has 190 valence electrons. The van der Waals surface area contributed by atoms with Gasteiger partial charge in [0.15, 0.2) is 5.96 Å². The number of carbonyl (C=O) groups excluding carboxylic acids is 2. The molecule has 0 bridgehead atoms. The fraction of sp³-hybridized carbons (Fsp3) is 0.481. The van der Waals surface area contributed by atoms with E-state index in [-0.39, 0.29) is 42.1 Å². The van der Waals surface area contributed by atoms with Crippen molar-refractivity contribution in [3.8, 4) is 5.75 Å². The van der Waals surface area contributed by atoms with Crippen LogP contribution in [-0.2, 0) is 9.59 Å². The Hall–Kier alpha value is -3.13. The number of aromatic nitrogens is 1. The van der Waals surface area contributed by atoms with Crippen LogP contribution in [0.25, 0.3) is 0 Å². The monoisotopic (exact) mass is 509 g/mol. The van der Waals surface area contributed by atoms with Gasteiger partial charge >= 0.3 is 0 Å². The van der Waals surface area contributed by atoms with Gasteiger partial charge in [0, 0.05) is 47.3 Å². The third-order valence-corrected chi connectivity index (χ3v) is 7.54. The smallest absolute Gasteiger partial charge is 0.232 e. The number of halogens is 1. The van der Waals surface area contributed by atoms with E-state index in [1.165, 1.54) is 4.90 Å². The van der Waals surface area contributed by atoms with Crippen molar-refractivity contribution in [3.63, 3.8) is 0 Å². The molecule has 1 unspecified atom stereocenters. The Bertz CT molecular complexity index is 1200. The molecule has 3 heterocycles. The molecular formula is C27H32ClN5O3. The first-order valence-electron chi connectivity index (χ1n) is 12.3. The van der Waals surface area contributed by atoms with Crippen LogP contribution in [0.2, 0.25) is 5.02 Å². The molecular weight excluding hydrogens is 478 g/mol. The normalized spacial score (nSPS) is 26.8. The summed E-state index contributed by atoms with van der Waals surface area (Å²) in [4.78, 5) is 32.5. The summed E-state index contributed by atoms with van der Waals surface area (Å²) < 4.78 is 6.11. The van der Waals surface area contributed by atoms with E-state index in [2.05, 4.69) is 15.6 Å². The number of hydrogen-bond donors (Lipinski definition) is 3. The van der Waals surface area contributed by atoms with Gasteiger partial charge in [-0.2, -0.15) is 0 Å². The maximum absolute atomic E-state index is 13.5. The fourth-order valence-electron chi connectivity index (χ4n) is 5.59. The average molecular weight is 510 g/mol. The zero-order valence-corrected chi connectivity index (χ0v) is 21.7. The number of carbonyl (C=O) groups is 2. The second-order valence-electron chi connectivity index (χ2n) is 11.3. The third kappa shape index (κ3) is 4.66. The molecule has 1 saturated heterocycles. The molecule has 9 heteroatoms. The molecule has 2 aliphatic heterocycles. The van der Waals surface area contributed by atoms with E-state index in [0.717, 1.165) is 11.1 Å². The highest BCUT2D eigenvalue weighted by atomic mass is 35.5.